The van der Waals surface area contributed by atoms with Gasteiger partial charge in [0.15, 0.2) is 0 Å². The number of para-hydroxylation sites is 1. The van der Waals surface area contributed by atoms with Gasteiger partial charge in [0.05, 0.1) is 11.3 Å². The normalized spacial score (nSPS) is 22.0. The van der Waals surface area contributed by atoms with Crippen LogP contribution in [-0.4, -0.2) is 33.8 Å². The third kappa shape index (κ3) is 1.72. The molecule has 3 rings (SSSR count). The number of benzene rings is 1. The molecule has 0 unspecified atom stereocenters. The summed E-state index contributed by atoms with van der Waals surface area (Å²) < 4.78 is 0.514. The maximum atomic E-state index is 12.5. The summed E-state index contributed by atoms with van der Waals surface area (Å²) in [7, 11) is 1.72. The number of carbonyl (C=O) groups excluding carboxylic acids is 2. The summed E-state index contributed by atoms with van der Waals surface area (Å²) in [6.45, 7) is 2.50. The first-order valence-electron chi connectivity index (χ1n) is 6.21. The van der Waals surface area contributed by atoms with E-state index in [1.165, 1.54) is 0 Å². The molecular weight excluding hydrogens is 292 g/mol. The van der Waals surface area contributed by atoms with Gasteiger partial charge in [0.1, 0.15) is 10.0 Å². The first kappa shape index (κ1) is 13.3. The van der Waals surface area contributed by atoms with E-state index < -0.39 is 0 Å². The summed E-state index contributed by atoms with van der Waals surface area (Å²) >= 11 is 6.22. The summed E-state index contributed by atoms with van der Waals surface area (Å²) in [6, 6.07) is 7.49. The van der Waals surface area contributed by atoms with Crippen molar-refractivity contribution in [2.45, 2.75) is 6.92 Å². The lowest BCUT2D eigenvalue weighted by Gasteiger charge is -2.16. The molecule has 0 saturated carbocycles. The quantitative estimate of drug-likeness (QED) is 0.588. The Balaban J connectivity index is 2.28. The van der Waals surface area contributed by atoms with Crippen LogP contribution in [0.1, 0.15) is 12.5 Å². The molecule has 0 atom stereocenters. The average molecular weight is 304 g/mol. The van der Waals surface area contributed by atoms with Gasteiger partial charge in [-0.3, -0.25) is 9.59 Å². The largest absolute Gasteiger partial charge is 0.323 e. The highest BCUT2D eigenvalue weighted by Crippen LogP contribution is 2.42. The molecule has 2 aliphatic rings. The Hall–Kier alpha value is -1.66. The lowest BCUT2D eigenvalue weighted by Crippen LogP contribution is -2.26. The van der Waals surface area contributed by atoms with E-state index in [1.54, 1.807) is 16.8 Å². The number of carbonyl (C=O) groups is 2. The molecule has 102 valence electrons. The number of hydrogen-bond acceptors (Lipinski definition) is 4. The molecule has 2 heterocycles. The van der Waals surface area contributed by atoms with E-state index in [4.69, 9.17) is 12.2 Å². The molecule has 2 aliphatic heterocycles. The molecule has 0 bridgehead atoms. The molecule has 0 spiro atoms. The highest BCUT2D eigenvalue weighted by Gasteiger charge is 2.40. The second kappa shape index (κ2) is 4.71. The van der Waals surface area contributed by atoms with E-state index in [1.807, 2.05) is 31.2 Å². The maximum Gasteiger partial charge on any atom is 0.261 e. The maximum absolute atomic E-state index is 12.5. The zero-order valence-electron chi connectivity index (χ0n) is 11.0. The number of thioether (sulfide) groups is 1. The van der Waals surface area contributed by atoms with Crippen molar-refractivity contribution in [1.82, 2.24) is 4.90 Å². The number of fused-ring (bicyclic) bond motifs is 1. The predicted octanol–water partition coefficient (Wildman–Crippen LogP) is 2.25. The number of nitrogens with zero attached hydrogens (tertiary/aromatic N) is 2. The minimum absolute atomic E-state index is 0.148. The Morgan fingerprint density at radius 2 is 1.95 bits per heavy atom. The predicted molar refractivity (Wildman–Crippen MR) is 84.3 cm³/mol. The van der Waals surface area contributed by atoms with Crippen molar-refractivity contribution in [3.05, 3.63) is 35.5 Å². The van der Waals surface area contributed by atoms with Gasteiger partial charge in [-0.05, 0) is 24.8 Å². The number of rotatable bonds is 1. The molecule has 0 aliphatic carbocycles. The van der Waals surface area contributed by atoms with Crippen molar-refractivity contribution in [3.63, 3.8) is 0 Å². The minimum atomic E-state index is -0.154. The number of anilines is 1. The van der Waals surface area contributed by atoms with E-state index in [0.29, 0.717) is 22.1 Å². The first-order valence-corrected chi connectivity index (χ1v) is 7.44. The van der Waals surface area contributed by atoms with Crippen LogP contribution in [0.5, 0.6) is 0 Å². The van der Waals surface area contributed by atoms with Crippen LogP contribution in [0.25, 0.3) is 5.57 Å². The fourth-order valence-corrected chi connectivity index (χ4v) is 3.75. The monoisotopic (exact) mass is 304 g/mol. The second-order valence-electron chi connectivity index (χ2n) is 4.50. The first-order chi connectivity index (χ1) is 9.56. The Labute approximate surface area is 126 Å². The smallest absolute Gasteiger partial charge is 0.261 e. The highest BCUT2D eigenvalue weighted by atomic mass is 32.2. The van der Waals surface area contributed by atoms with Crippen molar-refractivity contribution >= 4 is 50.6 Å². The fourth-order valence-electron chi connectivity index (χ4n) is 2.51. The van der Waals surface area contributed by atoms with Crippen LogP contribution < -0.4 is 4.90 Å². The number of hydrogen-bond donors (Lipinski definition) is 0. The van der Waals surface area contributed by atoms with E-state index in [9.17, 15) is 9.59 Å². The molecule has 1 saturated heterocycles. The second-order valence-corrected chi connectivity index (χ2v) is 6.11. The van der Waals surface area contributed by atoms with Crippen LogP contribution in [0.3, 0.4) is 0 Å². The third-order valence-corrected chi connectivity index (χ3v) is 4.71. The summed E-state index contributed by atoms with van der Waals surface area (Å²) in [5.74, 6) is -0.154. The summed E-state index contributed by atoms with van der Waals surface area (Å²) in [6.07, 6.45) is 0. The van der Waals surface area contributed by atoms with E-state index in [0.717, 1.165) is 23.0 Å². The highest BCUT2D eigenvalue weighted by molar-refractivity contribution is 8.33. The Morgan fingerprint density at radius 1 is 1.25 bits per heavy atom. The summed E-state index contributed by atoms with van der Waals surface area (Å²) in [5, 5.41) is -0.148. The van der Waals surface area contributed by atoms with Crippen molar-refractivity contribution in [2.75, 3.05) is 18.5 Å². The van der Waals surface area contributed by atoms with E-state index >= 15 is 0 Å². The third-order valence-electron chi connectivity index (χ3n) is 3.47. The van der Waals surface area contributed by atoms with E-state index in [-0.39, 0.29) is 11.0 Å². The topological polar surface area (TPSA) is 40.6 Å². The standard InChI is InChI=1S/C14H12N2O2S2/c1-3-16-11(13(18)20-14(16)19)10-8-6-4-5-7-9(8)15(2)12(10)17/h4-7H,3H2,1-2H3/b11-10-. The van der Waals surface area contributed by atoms with Crippen LogP contribution in [0, 0.1) is 0 Å². The molecule has 6 heteroatoms. The molecule has 4 nitrogen and oxygen atoms in total. The number of amides is 1. The number of likely N-dealkylation sites (N-methyl/N-ethyl adjacent to an activating group) is 2. The van der Waals surface area contributed by atoms with Crippen molar-refractivity contribution in [1.29, 1.82) is 0 Å². The number of thiocarbonyl (C=S) groups is 1. The Bertz CT molecular complexity index is 682. The van der Waals surface area contributed by atoms with Gasteiger partial charge < -0.3 is 9.80 Å². The van der Waals surface area contributed by atoms with Crippen LogP contribution >= 0.6 is 24.0 Å². The van der Waals surface area contributed by atoms with Gasteiger partial charge >= 0.3 is 0 Å². The lowest BCUT2D eigenvalue weighted by molar-refractivity contribution is -0.113. The molecular formula is C14H12N2O2S2. The zero-order chi connectivity index (χ0) is 14.4. The van der Waals surface area contributed by atoms with Gasteiger partial charge in [-0.15, -0.1) is 0 Å². The zero-order valence-corrected chi connectivity index (χ0v) is 12.7. The lowest BCUT2D eigenvalue weighted by atomic mass is 10.0. The Morgan fingerprint density at radius 3 is 2.65 bits per heavy atom. The van der Waals surface area contributed by atoms with Crippen LogP contribution in [0.2, 0.25) is 0 Å². The van der Waals surface area contributed by atoms with Crippen LogP contribution in [0.15, 0.2) is 30.0 Å². The minimum Gasteiger partial charge on any atom is -0.323 e. The molecule has 1 fully saturated rings. The molecule has 1 aromatic rings. The average Bonchev–Trinajstić information content (AvgIpc) is 2.85. The molecule has 1 aromatic carbocycles. The van der Waals surface area contributed by atoms with Crippen LogP contribution in [0.4, 0.5) is 5.69 Å². The van der Waals surface area contributed by atoms with Gasteiger partial charge in [0, 0.05) is 19.2 Å². The fraction of sp³-hybridized carbons (Fsp3) is 0.214. The van der Waals surface area contributed by atoms with Gasteiger partial charge in [-0.1, -0.05) is 30.4 Å². The summed E-state index contributed by atoms with van der Waals surface area (Å²) in [4.78, 5) is 28.0. The SMILES string of the molecule is CCN1C(=S)SC(=O)/C1=C1/C(=O)N(C)c2ccccc21. The molecule has 0 aromatic heterocycles. The van der Waals surface area contributed by atoms with E-state index in [2.05, 4.69) is 0 Å². The molecule has 0 N–H and O–H groups in total. The summed E-state index contributed by atoms with van der Waals surface area (Å²) in [5.41, 5.74) is 2.50. The van der Waals surface area contributed by atoms with Crippen molar-refractivity contribution < 1.29 is 9.59 Å². The molecule has 20 heavy (non-hydrogen) atoms. The Kier molecular flexibility index (Phi) is 3.14. The molecule has 1 amide bonds. The van der Waals surface area contributed by atoms with Gasteiger partial charge in [-0.2, -0.15) is 0 Å². The van der Waals surface area contributed by atoms with Crippen molar-refractivity contribution in [2.24, 2.45) is 0 Å². The van der Waals surface area contributed by atoms with Gasteiger partial charge in [-0.25, -0.2) is 0 Å². The molecule has 0 radical (unpaired) electrons. The van der Waals surface area contributed by atoms with Gasteiger partial charge in [0.25, 0.3) is 5.91 Å². The van der Waals surface area contributed by atoms with Crippen LogP contribution in [-0.2, 0) is 9.59 Å². The van der Waals surface area contributed by atoms with Crippen molar-refractivity contribution in [3.8, 4) is 0 Å². The van der Waals surface area contributed by atoms with Gasteiger partial charge in [0.2, 0.25) is 5.12 Å².